The summed E-state index contributed by atoms with van der Waals surface area (Å²) in [5, 5.41) is 2.83. The zero-order chi connectivity index (χ0) is 24.7. The van der Waals surface area contributed by atoms with E-state index in [0.29, 0.717) is 47.2 Å². The number of hydrogen-bond acceptors (Lipinski definition) is 5. The van der Waals surface area contributed by atoms with Crippen LogP contribution >= 0.6 is 0 Å². The summed E-state index contributed by atoms with van der Waals surface area (Å²) >= 11 is 0. The number of ether oxygens (including phenoxy) is 2. The minimum absolute atomic E-state index is 0.101. The van der Waals surface area contributed by atoms with Crippen molar-refractivity contribution in [2.75, 3.05) is 29.1 Å². The molecule has 0 aromatic heterocycles. The summed E-state index contributed by atoms with van der Waals surface area (Å²) in [6, 6.07) is 17.1. The van der Waals surface area contributed by atoms with Crippen molar-refractivity contribution in [2.45, 2.75) is 20.4 Å². The lowest BCUT2D eigenvalue weighted by Gasteiger charge is -2.24. The van der Waals surface area contributed by atoms with Crippen LogP contribution in [0.2, 0.25) is 0 Å². The van der Waals surface area contributed by atoms with Gasteiger partial charge in [-0.25, -0.2) is 12.8 Å². The van der Waals surface area contributed by atoms with Crippen LogP contribution < -0.4 is 19.1 Å². The summed E-state index contributed by atoms with van der Waals surface area (Å²) < 4.78 is 50.9. The van der Waals surface area contributed by atoms with Crippen molar-refractivity contribution in [3.8, 4) is 11.5 Å². The fourth-order valence-corrected chi connectivity index (χ4v) is 4.23. The van der Waals surface area contributed by atoms with Crippen molar-refractivity contribution in [1.29, 1.82) is 0 Å². The Morgan fingerprint density at radius 1 is 0.941 bits per heavy atom. The Bertz CT molecular complexity index is 1250. The number of nitrogens with zero attached hydrogens (tertiary/aromatic N) is 1. The number of hydrogen-bond donors (Lipinski definition) is 1. The van der Waals surface area contributed by atoms with Crippen LogP contribution in [0.5, 0.6) is 11.5 Å². The van der Waals surface area contributed by atoms with E-state index in [9.17, 15) is 17.6 Å². The second-order valence-corrected chi connectivity index (χ2v) is 9.29. The van der Waals surface area contributed by atoms with Gasteiger partial charge in [0.2, 0.25) is 10.0 Å². The predicted molar refractivity (Wildman–Crippen MR) is 131 cm³/mol. The van der Waals surface area contributed by atoms with E-state index in [1.807, 2.05) is 19.9 Å². The van der Waals surface area contributed by atoms with E-state index in [2.05, 4.69) is 5.32 Å². The largest absolute Gasteiger partial charge is 0.494 e. The maximum absolute atomic E-state index is 13.4. The molecule has 0 aliphatic rings. The van der Waals surface area contributed by atoms with Crippen molar-refractivity contribution in [3.05, 3.63) is 83.7 Å². The zero-order valence-electron chi connectivity index (χ0n) is 19.2. The average molecular weight is 487 g/mol. The Kier molecular flexibility index (Phi) is 8.12. The minimum atomic E-state index is -3.72. The highest BCUT2D eigenvalue weighted by Crippen LogP contribution is 2.28. The summed E-state index contributed by atoms with van der Waals surface area (Å²) in [4.78, 5) is 13.0. The Balaban J connectivity index is 1.95. The van der Waals surface area contributed by atoms with Crippen LogP contribution in [0, 0.1) is 5.82 Å². The fourth-order valence-electron chi connectivity index (χ4n) is 3.35. The topological polar surface area (TPSA) is 84.9 Å². The first-order valence-electron chi connectivity index (χ1n) is 10.7. The molecular weight excluding hydrogens is 459 g/mol. The van der Waals surface area contributed by atoms with Gasteiger partial charge in [0.15, 0.2) is 0 Å². The molecular formula is C25H27FN2O5S. The minimum Gasteiger partial charge on any atom is -0.494 e. The van der Waals surface area contributed by atoms with Crippen LogP contribution in [0.4, 0.5) is 15.8 Å². The smallest absolute Gasteiger partial charge is 0.255 e. The van der Waals surface area contributed by atoms with Gasteiger partial charge in [0, 0.05) is 11.1 Å². The molecule has 0 fully saturated rings. The Morgan fingerprint density at radius 3 is 2.24 bits per heavy atom. The number of carbonyl (C=O) groups is 1. The fraction of sp³-hybridized carbons (Fsp3) is 0.240. The molecule has 7 nitrogen and oxygen atoms in total. The van der Waals surface area contributed by atoms with Gasteiger partial charge in [0.05, 0.1) is 37.4 Å². The van der Waals surface area contributed by atoms with Crippen molar-refractivity contribution in [2.24, 2.45) is 0 Å². The predicted octanol–water partition coefficient (Wildman–Crippen LogP) is 4.84. The second kappa shape index (κ2) is 11.0. The monoisotopic (exact) mass is 486 g/mol. The molecule has 0 atom stereocenters. The number of amides is 1. The van der Waals surface area contributed by atoms with E-state index in [1.54, 1.807) is 36.4 Å². The third kappa shape index (κ3) is 6.26. The van der Waals surface area contributed by atoms with E-state index in [1.165, 1.54) is 24.3 Å². The highest BCUT2D eigenvalue weighted by molar-refractivity contribution is 7.92. The Hall–Kier alpha value is -3.59. The van der Waals surface area contributed by atoms with Gasteiger partial charge in [0.25, 0.3) is 5.91 Å². The molecule has 0 unspecified atom stereocenters. The van der Waals surface area contributed by atoms with Crippen LogP contribution in [0.1, 0.15) is 29.8 Å². The maximum atomic E-state index is 13.4. The second-order valence-electron chi connectivity index (χ2n) is 7.38. The number of carbonyl (C=O) groups excluding carboxylic acids is 1. The van der Waals surface area contributed by atoms with E-state index in [4.69, 9.17) is 9.47 Å². The summed E-state index contributed by atoms with van der Waals surface area (Å²) in [5.74, 6) is 0.135. The molecule has 9 heteroatoms. The van der Waals surface area contributed by atoms with Crippen molar-refractivity contribution >= 4 is 27.3 Å². The standard InChI is InChI=1S/C25H27FN2O5S/c1-4-32-23-15-10-18(25(29)27-22-8-6-7-9-24(22)33-5-2)16-19(23)17-28(34(3,30)31)21-13-11-20(26)12-14-21/h6-16H,4-5,17H2,1-3H3,(H,27,29). The van der Waals surface area contributed by atoms with Gasteiger partial charge in [-0.3, -0.25) is 9.10 Å². The molecule has 3 aromatic rings. The lowest BCUT2D eigenvalue weighted by atomic mass is 10.1. The average Bonchev–Trinajstić information content (AvgIpc) is 2.80. The van der Waals surface area contributed by atoms with Gasteiger partial charge in [-0.1, -0.05) is 12.1 Å². The maximum Gasteiger partial charge on any atom is 0.255 e. The molecule has 34 heavy (non-hydrogen) atoms. The normalized spacial score (nSPS) is 11.1. The van der Waals surface area contributed by atoms with Crippen LogP contribution in [-0.2, 0) is 16.6 Å². The summed E-state index contributed by atoms with van der Waals surface area (Å²) in [7, 11) is -3.72. The molecule has 0 saturated carbocycles. The molecule has 0 spiro atoms. The van der Waals surface area contributed by atoms with E-state index < -0.39 is 15.8 Å². The quantitative estimate of drug-likeness (QED) is 0.443. The SMILES string of the molecule is CCOc1ccc(C(=O)Nc2ccccc2OCC)cc1CN(c1ccc(F)cc1)S(C)(=O)=O. The van der Waals surface area contributed by atoms with Crippen LogP contribution in [0.15, 0.2) is 66.7 Å². The first-order valence-corrected chi connectivity index (χ1v) is 12.6. The molecule has 0 aliphatic heterocycles. The number of benzene rings is 3. The Morgan fingerprint density at radius 2 is 1.59 bits per heavy atom. The van der Waals surface area contributed by atoms with Crippen molar-refractivity contribution < 1.29 is 27.1 Å². The number of sulfonamides is 1. The van der Waals surface area contributed by atoms with Crippen molar-refractivity contribution in [1.82, 2.24) is 0 Å². The molecule has 180 valence electrons. The first-order chi connectivity index (χ1) is 16.2. The van der Waals surface area contributed by atoms with Crippen LogP contribution in [-0.4, -0.2) is 33.8 Å². The van der Waals surface area contributed by atoms with E-state index in [0.717, 1.165) is 10.6 Å². The lowest BCUT2D eigenvalue weighted by Crippen LogP contribution is -2.29. The molecule has 3 aromatic carbocycles. The summed E-state index contributed by atoms with van der Waals surface area (Å²) in [6.07, 6.45) is 1.07. The molecule has 0 heterocycles. The van der Waals surface area contributed by atoms with Gasteiger partial charge in [-0.15, -0.1) is 0 Å². The van der Waals surface area contributed by atoms with Crippen LogP contribution in [0.25, 0.3) is 0 Å². The number of para-hydroxylation sites is 2. The van der Waals surface area contributed by atoms with Gasteiger partial charge < -0.3 is 14.8 Å². The first kappa shape index (κ1) is 25.0. The molecule has 0 aliphatic carbocycles. The molecule has 1 N–H and O–H groups in total. The zero-order valence-corrected chi connectivity index (χ0v) is 20.1. The third-order valence-corrected chi connectivity index (χ3v) is 6.03. The van der Waals surface area contributed by atoms with E-state index in [-0.39, 0.29) is 12.5 Å². The molecule has 0 saturated heterocycles. The summed E-state index contributed by atoms with van der Waals surface area (Å²) in [5.41, 5.74) is 1.63. The number of halogens is 1. The van der Waals surface area contributed by atoms with Gasteiger partial charge in [-0.2, -0.15) is 0 Å². The Labute approximate surface area is 199 Å². The van der Waals surface area contributed by atoms with Gasteiger partial charge in [0.1, 0.15) is 17.3 Å². The highest BCUT2D eigenvalue weighted by Gasteiger charge is 2.21. The van der Waals surface area contributed by atoms with Crippen LogP contribution in [0.3, 0.4) is 0 Å². The van der Waals surface area contributed by atoms with E-state index >= 15 is 0 Å². The molecule has 0 radical (unpaired) electrons. The van der Waals surface area contributed by atoms with Gasteiger partial charge >= 0.3 is 0 Å². The molecule has 1 amide bonds. The van der Waals surface area contributed by atoms with Crippen molar-refractivity contribution in [3.63, 3.8) is 0 Å². The number of anilines is 2. The highest BCUT2D eigenvalue weighted by atomic mass is 32.2. The molecule has 3 rings (SSSR count). The van der Waals surface area contributed by atoms with Gasteiger partial charge in [-0.05, 0) is 68.4 Å². The number of nitrogens with one attached hydrogen (secondary N) is 1. The summed E-state index contributed by atoms with van der Waals surface area (Å²) in [6.45, 7) is 4.37. The molecule has 0 bridgehead atoms. The number of rotatable bonds is 10. The third-order valence-electron chi connectivity index (χ3n) is 4.89. The lowest BCUT2D eigenvalue weighted by molar-refractivity contribution is 0.102.